The molecule has 0 aromatic heterocycles. The van der Waals surface area contributed by atoms with Crippen LogP contribution in [0.4, 0.5) is 4.39 Å². The van der Waals surface area contributed by atoms with Crippen LogP contribution in [0, 0.1) is 5.82 Å². The summed E-state index contributed by atoms with van der Waals surface area (Å²) in [7, 11) is 0. The number of aliphatic hydroxyl groups is 1. The Labute approximate surface area is 99.4 Å². The first-order valence-corrected chi connectivity index (χ1v) is 5.41. The number of halogens is 1. The zero-order valence-corrected chi connectivity index (χ0v) is 9.65. The van der Waals surface area contributed by atoms with Crippen molar-refractivity contribution in [3.63, 3.8) is 0 Å². The average Bonchev–Trinajstić information content (AvgIpc) is 2.26. The first kappa shape index (κ1) is 13.4. The van der Waals surface area contributed by atoms with E-state index in [0.717, 1.165) is 0 Å². The Hall–Kier alpha value is -1.62. The molecule has 1 atom stereocenters. The predicted molar refractivity (Wildman–Crippen MR) is 61.2 cm³/mol. The van der Waals surface area contributed by atoms with E-state index in [-0.39, 0.29) is 12.5 Å². The molecule has 1 rings (SSSR count). The SMILES string of the molecule is CC(O)CCNC(=O)COc1cccc(F)c1. The molecule has 1 unspecified atom stereocenters. The van der Waals surface area contributed by atoms with E-state index in [9.17, 15) is 9.18 Å². The smallest absolute Gasteiger partial charge is 0.257 e. The molecule has 0 aliphatic rings. The van der Waals surface area contributed by atoms with Crippen molar-refractivity contribution in [2.45, 2.75) is 19.4 Å². The van der Waals surface area contributed by atoms with Gasteiger partial charge in [0.2, 0.25) is 0 Å². The monoisotopic (exact) mass is 241 g/mol. The van der Waals surface area contributed by atoms with Crippen molar-refractivity contribution < 1.29 is 19.0 Å². The fourth-order valence-electron chi connectivity index (χ4n) is 1.18. The molecule has 0 saturated carbocycles. The summed E-state index contributed by atoms with van der Waals surface area (Å²) >= 11 is 0. The molecule has 1 aromatic rings. The number of hydrogen-bond donors (Lipinski definition) is 2. The molecular weight excluding hydrogens is 225 g/mol. The maximum Gasteiger partial charge on any atom is 0.257 e. The second-order valence-electron chi connectivity index (χ2n) is 3.73. The van der Waals surface area contributed by atoms with Crippen molar-refractivity contribution >= 4 is 5.91 Å². The molecule has 0 spiro atoms. The van der Waals surface area contributed by atoms with Crippen molar-refractivity contribution in [2.75, 3.05) is 13.2 Å². The van der Waals surface area contributed by atoms with Gasteiger partial charge in [-0.25, -0.2) is 4.39 Å². The van der Waals surface area contributed by atoms with Gasteiger partial charge < -0.3 is 15.2 Å². The Morgan fingerprint density at radius 1 is 1.59 bits per heavy atom. The molecule has 0 saturated heterocycles. The topological polar surface area (TPSA) is 58.6 Å². The second kappa shape index (κ2) is 6.85. The van der Waals surface area contributed by atoms with Crippen LogP contribution in [-0.2, 0) is 4.79 Å². The normalized spacial score (nSPS) is 11.9. The summed E-state index contributed by atoms with van der Waals surface area (Å²) in [6, 6.07) is 5.60. The number of carbonyl (C=O) groups excluding carboxylic acids is 1. The van der Waals surface area contributed by atoms with E-state index in [0.29, 0.717) is 18.7 Å². The number of benzene rings is 1. The molecule has 0 aliphatic heterocycles. The average molecular weight is 241 g/mol. The Morgan fingerprint density at radius 3 is 3.00 bits per heavy atom. The molecule has 17 heavy (non-hydrogen) atoms. The molecule has 2 N–H and O–H groups in total. The zero-order valence-electron chi connectivity index (χ0n) is 9.65. The van der Waals surface area contributed by atoms with Gasteiger partial charge in [-0.15, -0.1) is 0 Å². The van der Waals surface area contributed by atoms with Gasteiger partial charge in [-0.2, -0.15) is 0 Å². The van der Waals surface area contributed by atoms with E-state index >= 15 is 0 Å². The van der Waals surface area contributed by atoms with Gasteiger partial charge in [-0.3, -0.25) is 4.79 Å². The number of aliphatic hydroxyl groups excluding tert-OH is 1. The summed E-state index contributed by atoms with van der Waals surface area (Å²) in [5.41, 5.74) is 0. The van der Waals surface area contributed by atoms with Crippen LogP contribution in [0.2, 0.25) is 0 Å². The Morgan fingerprint density at radius 2 is 2.35 bits per heavy atom. The first-order chi connectivity index (χ1) is 8.08. The third-order valence-electron chi connectivity index (χ3n) is 2.05. The fourth-order valence-corrected chi connectivity index (χ4v) is 1.18. The van der Waals surface area contributed by atoms with Crippen LogP contribution in [-0.4, -0.2) is 30.3 Å². The molecule has 1 aromatic carbocycles. The number of hydrogen-bond acceptors (Lipinski definition) is 3. The Balaban J connectivity index is 2.24. The number of ether oxygens (including phenoxy) is 1. The lowest BCUT2D eigenvalue weighted by Gasteiger charge is -2.08. The molecule has 0 bridgehead atoms. The minimum Gasteiger partial charge on any atom is -0.484 e. The van der Waals surface area contributed by atoms with E-state index in [4.69, 9.17) is 9.84 Å². The first-order valence-electron chi connectivity index (χ1n) is 5.41. The highest BCUT2D eigenvalue weighted by Crippen LogP contribution is 2.11. The molecule has 0 aliphatic carbocycles. The van der Waals surface area contributed by atoms with Crippen LogP contribution in [0.3, 0.4) is 0 Å². The Bertz CT molecular complexity index is 369. The van der Waals surface area contributed by atoms with Crippen LogP contribution in [0.5, 0.6) is 5.75 Å². The third-order valence-corrected chi connectivity index (χ3v) is 2.05. The summed E-state index contributed by atoms with van der Waals surface area (Å²) in [4.78, 5) is 11.3. The van der Waals surface area contributed by atoms with Crippen LogP contribution in [0.15, 0.2) is 24.3 Å². The van der Waals surface area contributed by atoms with Crippen LogP contribution in [0.1, 0.15) is 13.3 Å². The lowest BCUT2D eigenvalue weighted by molar-refractivity contribution is -0.123. The minimum absolute atomic E-state index is 0.163. The maximum absolute atomic E-state index is 12.8. The fraction of sp³-hybridized carbons (Fsp3) is 0.417. The predicted octanol–water partition coefficient (Wildman–Crippen LogP) is 1.09. The maximum atomic E-state index is 12.8. The van der Waals surface area contributed by atoms with E-state index in [1.54, 1.807) is 13.0 Å². The van der Waals surface area contributed by atoms with Crippen molar-refractivity contribution in [1.82, 2.24) is 5.32 Å². The second-order valence-corrected chi connectivity index (χ2v) is 3.73. The summed E-state index contributed by atoms with van der Waals surface area (Å²) in [6.07, 6.45) is 0.0468. The van der Waals surface area contributed by atoms with E-state index in [1.165, 1.54) is 18.2 Å². The van der Waals surface area contributed by atoms with Crippen molar-refractivity contribution in [3.05, 3.63) is 30.1 Å². The van der Waals surface area contributed by atoms with Gasteiger partial charge in [-0.1, -0.05) is 6.07 Å². The summed E-state index contributed by atoms with van der Waals surface area (Å²) in [5, 5.41) is 11.6. The van der Waals surface area contributed by atoms with Crippen molar-refractivity contribution in [1.29, 1.82) is 0 Å². The number of carbonyl (C=O) groups is 1. The largest absolute Gasteiger partial charge is 0.484 e. The molecule has 0 fully saturated rings. The standard InChI is InChI=1S/C12H16FNO3/c1-9(15)5-6-14-12(16)8-17-11-4-2-3-10(13)7-11/h2-4,7,9,15H,5-6,8H2,1H3,(H,14,16). The molecule has 4 nitrogen and oxygen atoms in total. The molecule has 5 heteroatoms. The number of nitrogens with one attached hydrogen (secondary N) is 1. The summed E-state index contributed by atoms with van der Waals surface area (Å²) in [6.45, 7) is 1.88. The molecular formula is C12H16FNO3. The van der Waals surface area contributed by atoms with E-state index in [1.807, 2.05) is 0 Å². The lowest BCUT2D eigenvalue weighted by atomic mass is 10.3. The van der Waals surface area contributed by atoms with E-state index in [2.05, 4.69) is 5.32 Å². The molecule has 0 heterocycles. The zero-order chi connectivity index (χ0) is 12.7. The van der Waals surface area contributed by atoms with Crippen LogP contribution in [0.25, 0.3) is 0 Å². The highest BCUT2D eigenvalue weighted by atomic mass is 19.1. The molecule has 0 radical (unpaired) electrons. The lowest BCUT2D eigenvalue weighted by Crippen LogP contribution is -2.31. The highest BCUT2D eigenvalue weighted by Gasteiger charge is 2.03. The van der Waals surface area contributed by atoms with Gasteiger partial charge in [0.05, 0.1) is 6.10 Å². The van der Waals surface area contributed by atoms with Crippen molar-refractivity contribution in [3.8, 4) is 5.75 Å². The van der Waals surface area contributed by atoms with Gasteiger partial charge in [0.15, 0.2) is 6.61 Å². The number of amides is 1. The van der Waals surface area contributed by atoms with Gasteiger partial charge in [-0.05, 0) is 25.5 Å². The molecule has 94 valence electrons. The van der Waals surface area contributed by atoms with Gasteiger partial charge in [0.1, 0.15) is 11.6 Å². The van der Waals surface area contributed by atoms with Crippen LogP contribution < -0.4 is 10.1 Å². The van der Waals surface area contributed by atoms with E-state index < -0.39 is 11.9 Å². The molecule has 1 amide bonds. The summed E-state index contributed by atoms with van der Waals surface area (Å²) < 4.78 is 17.9. The summed E-state index contributed by atoms with van der Waals surface area (Å²) in [5.74, 6) is -0.386. The van der Waals surface area contributed by atoms with Crippen LogP contribution >= 0.6 is 0 Å². The number of rotatable bonds is 6. The highest BCUT2D eigenvalue weighted by molar-refractivity contribution is 5.77. The minimum atomic E-state index is -0.445. The third kappa shape index (κ3) is 5.87. The van der Waals surface area contributed by atoms with Gasteiger partial charge in [0.25, 0.3) is 5.91 Å². The van der Waals surface area contributed by atoms with Gasteiger partial charge in [0, 0.05) is 12.6 Å². The van der Waals surface area contributed by atoms with Gasteiger partial charge >= 0.3 is 0 Å². The van der Waals surface area contributed by atoms with Crippen molar-refractivity contribution in [2.24, 2.45) is 0 Å². The Kier molecular flexibility index (Phi) is 5.42. The quantitative estimate of drug-likeness (QED) is 0.784.